The molecule has 4 heteroatoms. The molecule has 0 amide bonds. The lowest BCUT2D eigenvalue weighted by Gasteiger charge is -2.19. The number of hydrogen-bond donors (Lipinski definition) is 1. The third kappa shape index (κ3) is 1.95. The predicted octanol–water partition coefficient (Wildman–Crippen LogP) is 2.96. The van der Waals surface area contributed by atoms with E-state index in [1.54, 1.807) is 0 Å². The first-order valence-corrected chi connectivity index (χ1v) is 7.51. The average molecular weight is 269 g/mol. The van der Waals surface area contributed by atoms with Gasteiger partial charge in [-0.15, -0.1) is 0 Å². The van der Waals surface area contributed by atoms with E-state index in [1.165, 1.54) is 18.4 Å². The molecule has 104 valence electrons. The summed E-state index contributed by atoms with van der Waals surface area (Å²) in [5.41, 5.74) is 1.29. The SMILES string of the molecule is c1ccc(C2(c3nc(C4CCCCN4)no3)CC2)cc1. The maximum atomic E-state index is 5.60. The Labute approximate surface area is 118 Å². The minimum atomic E-state index is -0.0127. The fourth-order valence-corrected chi connectivity index (χ4v) is 3.15. The standard InChI is InChI=1S/C16H19N3O/c1-2-6-12(7-3-1)16(9-10-16)15-18-14(19-20-15)13-8-4-5-11-17-13/h1-3,6-7,13,17H,4-5,8-11H2. The normalized spacial score (nSPS) is 24.5. The Morgan fingerprint density at radius 1 is 1.15 bits per heavy atom. The summed E-state index contributed by atoms with van der Waals surface area (Å²) in [6, 6.07) is 10.8. The zero-order chi connectivity index (χ0) is 13.4. The first-order chi connectivity index (χ1) is 9.88. The van der Waals surface area contributed by atoms with Gasteiger partial charge in [0.2, 0.25) is 5.89 Å². The van der Waals surface area contributed by atoms with E-state index in [-0.39, 0.29) is 11.5 Å². The van der Waals surface area contributed by atoms with E-state index in [0.717, 1.165) is 37.5 Å². The number of nitrogens with one attached hydrogen (secondary N) is 1. The molecule has 1 atom stereocenters. The summed E-state index contributed by atoms with van der Waals surface area (Å²) < 4.78 is 5.60. The first kappa shape index (κ1) is 12.1. The van der Waals surface area contributed by atoms with Crippen LogP contribution in [-0.4, -0.2) is 16.7 Å². The van der Waals surface area contributed by atoms with Gasteiger partial charge in [-0.05, 0) is 37.8 Å². The predicted molar refractivity (Wildman–Crippen MR) is 75.3 cm³/mol. The van der Waals surface area contributed by atoms with Crippen LogP contribution in [0.15, 0.2) is 34.9 Å². The van der Waals surface area contributed by atoms with Crippen molar-refractivity contribution in [3.63, 3.8) is 0 Å². The fourth-order valence-electron chi connectivity index (χ4n) is 3.15. The highest BCUT2D eigenvalue weighted by Crippen LogP contribution is 2.52. The molecule has 1 unspecified atom stereocenters. The van der Waals surface area contributed by atoms with Crippen molar-refractivity contribution in [1.82, 2.24) is 15.5 Å². The molecule has 2 fully saturated rings. The van der Waals surface area contributed by atoms with Crippen molar-refractivity contribution in [1.29, 1.82) is 0 Å². The van der Waals surface area contributed by atoms with Crippen LogP contribution in [0.1, 0.15) is 55.4 Å². The molecule has 2 aliphatic rings. The van der Waals surface area contributed by atoms with Gasteiger partial charge in [0.1, 0.15) is 0 Å². The summed E-state index contributed by atoms with van der Waals surface area (Å²) in [4.78, 5) is 4.70. The van der Waals surface area contributed by atoms with Crippen LogP contribution in [0.25, 0.3) is 0 Å². The molecule has 4 rings (SSSR count). The second kappa shape index (κ2) is 4.70. The van der Waals surface area contributed by atoms with E-state index in [4.69, 9.17) is 9.51 Å². The monoisotopic (exact) mass is 269 g/mol. The minimum Gasteiger partial charge on any atom is -0.338 e. The van der Waals surface area contributed by atoms with Crippen molar-refractivity contribution in [3.8, 4) is 0 Å². The molecular weight excluding hydrogens is 250 g/mol. The topological polar surface area (TPSA) is 51.0 Å². The van der Waals surface area contributed by atoms with Crippen molar-refractivity contribution in [3.05, 3.63) is 47.6 Å². The number of aromatic nitrogens is 2. The van der Waals surface area contributed by atoms with Gasteiger partial charge in [-0.1, -0.05) is 41.9 Å². The van der Waals surface area contributed by atoms with Gasteiger partial charge in [-0.25, -0.2) is 0 Å². The van der Waals surface area contributed by atoms with E-state index < -0.39 is 0 Å². The van der Waals surface area contributed by atoms with Crippen LogP contribution in [0, 0.1) is 0 Å². The summed E-state index contributed by atoms with van der Waals surface area (Å²) >= 11 is 0. The van der Waals surface area contributed by atoms with Gasteiger partial charge in [-0.2, -0.15) is 4.98 Å². The van der Waals surface area contributed by atoms with Crippen molar-refractivity contribution >= 4 is 0 Å². The first-order valence-electron chi connectivity index (χ1n) is 7.51. The summed E-state index contributed by atoms with van der Waals surface area (Å²) in [7, 11) is 0. The summed E-state index contributed by atoms with van der Waals surface area (Å²) in [6.45, 7) is 1.05. The van der Waals surface area contributed by atoms with Gasteiger partial charge < -0.3 is 9.84 Å². The second-order valence-corrected chi connectivity index (χ2v) is 5.91. The van der Waals surface area contributed by atoms with E-state index >= 15 is 0 Å². The minimum absolute atomic E-state index is 0.0127. The maximum absolute atomic E-state index is 5.60. The number of benzene rings is 1. The fraction of sp³-hybridized carbons (Fsp3) is 0.500. The Balaban J connectivity index is 1.62. The van der Waals surface area contributed by atoms with Crippen molar-refractivity contribution in [2.45, 2.75) is 43.6 Å². The number of hydrogen-bond acceptors (Lipinski definition) is 4. The van der Waals surface area contributed by atoms with Crippen LogP contribution in [0.5, 0.6) is 0 Å². The van der Waals surface area contributed by atoms with Crippen LogP contribution in [0.4, 0.5) is 0 Å². The molecule has 1 N–H and O–H groups in total. The molecular formula is C16H19N3O. The second-order valence-electron chi connectivity index (χ2n) is 5.91. The molecule has 1 aromatic heterocycles. The molecule has 2 heterocycles. The molecule has 0 bridgehead atoms. The molecule has 4 nitrogen and oxygen atoms in total. The van der Waals surface area contributed by atoms with E-state index in [0.29, 0.717) is 0 Å². The third-order valence-corrected chi connectivity index (χ3v) is 4.55. The quantitative estimate of drug-likeness (QED) is 0.930. The van der Waals surface area contributed by atoms with Crippen molar-refractivity contribution < 1.29 is 4.52 Å². The molecule has 0 radical (unpaired) electrons. The molecule has 1 saturated carbocycles. The van der Waals surface area contributed by atoms with Crippen LogP contribution in [0.3, 0.4) is 0 Å². The number of nitrogens with zero attached hydrogens (tertiary/aromatic N) is 2. The largest absolute Gasteiger partial charge is 0.338 e. The van der Waals surface area contributed by atoms with Gasteiger partial charge >= 0.3 is 0 Å². The molecule has 20 heavy (non-hydrogen) atoms. The number of piperidine rings is 1. The molecule has 1 aliphatic heterocycles. The Morgan fingerprint density at radius 2 is 2.00 bits per heavy atom. The lowest BCUT2D eigenvalue weighted by molar-refractivity contribution is 0.338. The Kier molecular flexibility index (Phi) is 2.84. The zero-order valence-corrected chi connectivity index (χ0v) is 11.5. The van der Waals surface area contributed by atoms with Gasteiger partial charge in [0.15, 0.2) is 5.82 Å². The van der Waals surface area contributed by atoms with Crippen LogP contribution in [-0.2, 0) is 5.41 Å². The highest BCUT2D eigenvalue weighted by molar-refractivity contribution is 5.38. The van der Waals surface area contributed by atoms with Crippen LogP contribution >= 0.6 is 0 Å². The lowest BCUT2D eigenvalue weighted by atomic mass is 9.96. The molecule has 0 spiro atoms. The van der Waals surface area contributed by atoms with Gasteiger partial charge in [0, 0.05) is 0 Å². The van der Waals surface area contributed by atoms with Gasteiger partial charge in [0.25, 0.3) is 0 Å². The maximum Gasteiger partial charge on any atom is 0.237 e. The van der Waals surface area contributed by atoms with Crippen LogP contribution < -0.4 is 5.32 Å². The highest BCUT2D eigenvalue weighted by Gasteiger charge is 2.51. The van der Waals surface area contributed by atoms with Gasteiger partial charge in [-0.3, -0.25) is 0 Å². The third-order valence-electron chi connectivity index (χ3n) is 4.55. The smallest absolute Gasteiger partial charge is 0.237 e. The molecule has 2 aromatic rings. The lowest BCUT2D eigenvalue weighted by Crippen LogP contribution is -2.27. The van der Waals surface area contributed by atoms with Gasteiger partial charge in [0.05, 0.1) is 11.5 Å². The Hall–Kier alpha value is -1.68. The van der Waals surface area contributed by atoms with Crippen molar-refractivity contribution in [2.75, 3.05) is 6.54 Å². The Morgan fingerprint density at radius 3 is 2.70 bits per heavy atom. The van der Waals surface area contributed by atoms with Crippen molar-refractivity contribution in [2.24, 2.45) is 0 Å². The summed E-state index contributed by atoms with van der Waals surface area (Å²) in [5.74, 6) is 1.63. The molecule has 1 aromatic carbocycles. The average Bonchev–Trinajstić information content (AvgIpc) is 3.19. The zero-order valence-electron chi connectivity index (χ0n) is 11.5. The van der Waals surface area contributed by atoms with E-state index in [2.05, 4.69) is 34.7 Å². The number of rotatable bonds is 3. The molecule has 1 aliphatic carbocycles. The van der Waals surface area contributed by atoms with E-state index in [9.17, 15) is 0 Å². The summed E-state index contributed by atoms with van der Waals surface area (Å²) in [6.07, 6.45) is 5.81. The molecule has 1 saturated heterocycles. The van der Waals surface area contributed by atoms with Crippen LogP contribution in [0.2, 0.25) is 0 Å². The Bertz CT molecular complexity index is 583. The van der Waals surface area contributed by atoms with E-state index in [1.807, 2.05) is 6.07 Å². The summed E-state index contributed by atoms with van der Waals surface area (Å²) in [5, 5.41) is 7.70. The highest BCUT2D eigenvalue weighted by atomic mass is 16.5.